The topological polar surface area (TPSA) is 45.6 Å². The fourth-order valence-electron chi connectivity index (χ4n) is 2.44. The molecule has 1 saturated heterocycles. The lowest BCUT2D eigenvalue weighted by atomic mass is 9.99. The number of hydrogen-bond donors (Lipinski definition) is 1. The monoisotopic (exact) mass is 256 g/mol. The van der Waals surface area contributed by atoms with E-state index in [1.54, 1.807) is 17.5 Å². The number of hydrogen-bond acceptors (Lipinski definition) is 5. The van der Waals surface area contributed by atoms with E-state index in [9.17, 15) is 0 Å². The van der Waals surface area contributed by atoms with Crippen molar-refractivity contribution in [3.05, 3.63) is 11.1 Å². The molecule has 0 spiro atoms. The highest BCUT2D eigenvalue weighted by molar-refractivity contribution is 7.15. The first-order valence-electron chi connectivity index (χ1n) is 5.82. The van der Waals surface area contributed by atoms with Crippen LogP contribution in [0.5, 0.6) is 0 Å². The van der Waals surface area contributed by atoms with Crippen LogP contribution in [0.15, 0.2) is 6.20 Å². The van der Waals surface area contributed by atoms with Gasteiger partial charge in [0, 0.05) is 19.3 Å². The molecule has 2 rings (SSSR count). The van der Waals surface area contributed by atoms with Crippen molar-refractivity contribution in [2.24, 2.45) is 0 Å². The summed E-state index contributed by atoms with van der Waals surface area (Å²) in [6.45, 7) is 10.1. The molecule has 0 radical (unpaired) electrons. The smallest absolute Gasteiger partial charge is 0.185 e. The van der Waals surface area contributed by atoms with Gasteiger partial charge in [0.25, 0.3) is 0 Å². The van der Waals surface area contributed by atoms with Gasteiger partial charge in [-0.3, -0.25) is 0 Å². The molecule has 17 heavy (non-hydrogen) atoms. The third kappa shape index (κ3) is 2.97. The van der Waals surface area contributed by atoms with Crippen molar-refractivity contribution in [2.75, 3.05) is 18.0 Å². The van der Waals surface area contributed by atoms with Crippen molar-refractivity contribution in [1.29, 1.82) is 0 Å². The normalized spacial score (nSPS) is 22.8. The van der Waals surface area contributed by atoms with E-state index >= 15 is 0 Å². The highest BCUT2D eigenvalue weighted by Crippen LogP contribution is 2.33. The van der Waals surface area contributed by atoms with Crippen LogP contribution in [-0.4, -0.2) is 34.4 Å². The number of rotatable bonds is 2. The summed E-state index contributed by atoms with van der Waals surface area (Å²) in [5.74, 6) is 0. The number of anilines is 1. The van der Waals surface area contributed by atoms with Gasteiger partial charge in [0.05, 0.1) is 22.7 Å². The molecule has 0 aromatic carbocycles. The Morgan fingerprint density at radius 2 is 1.94 bits per heavy atom. The fourth-order valence-corrected chi connectivity index (χ4v) is 3.21. The molecule has 1 aliphatic heterocycles. The number of thiazole rings is 1. The molecule has 1 aromatic rings. The maximum atomic E-state index is 9.08. The number of nitrogens with zero attached hydrogens (tertiary/aromatic N) is 2. The Labute approximate surface area is 106 Å². The Bertz CT molecular complexity index is 385. The van der Waals surface area contributed by atoms with Crippen molar-refractivity contribution in [3.63, 3.8) is 0 Å². The lowest BCUT2D eigenvalue weighted by Gasteiger charge is -2.47. The Morgan fingerprint density at radius 3 is 2.41 bits per heavy atom. The second kappa shape index (κ2) is 4.23. The van der Waals surface area contributed by atoms with Gasteiger partial charge in [-0.1, -0.05) is 11.3 Å². The van der Waals surface area contributed by atoms with E-state index in [2.05, 4.69) is 37.6 Å². The predicted molar refractivity (Wildman–Crippen MR) is 69.5 cm³/mol. The van der Waals surface area contributed by atoms with Crippen LogP contribution in [0.4, 0.5) is 5.13 Å². The molecule has 0 bridgehead atoms. The minimum absolute atomic E-state index is 0.0643. The zero-order valence-corrected chi connectivity index (χ0v) is 11.7. The zero-order chi connectivity index (χ0) is 12.7. The van der Waals surface area contributed by atoms with E-state index < -0.39 is 0 Å². The summed E-state index contributed by atoms with van der Waals surface area (Å²) < 4.78 is 6.03. The molecule has 0 saturated carbocycles. The maximum Gasteiger partial charge on any atom is 0.185 e. The van der Waals surface area contributed by atoms with Crippen molar-refractivity contribution in [1.82, 2.24) is 4.98 Å². The van der Waals surface area contributed by atoms with Gasteiger partial charge in [0.15, 0.2) is 5.13 Å². The Morgan fingerprint density at radius 1 is 1.35 bits per heavy atom. The number of aliphatic hydroxyl groups excluding tert-OH is 1. The van der Waals surface area contributed by atoms with E-state index in [0.29, 0.717) is 0 Å². The summed E-state index contributed by atoms with van der Waals surface area (Å²) in [6.07, 6.45) is 1.75. The molecule has 96 valence electrons. The Kier molecular flexibility index (Phi) is 3.18. The number of ether oxygens (including phenoxy) is 1. The van der Waals surface area contributed by atoms with Gasteiger partial charge in [-0.2, -0.15) is 0 Å². The van der Waals surface area contributed by atoms with Crippen LogP contribution in [0.3, 0.4) is 0 Å². The lowest BCUT2D eigenvalue weighted by Crippen LogP contribution is -2.57. The Balaban J connectivity index is 2.20. The first kappa shape index (κ1) is 12.8. The van der Waals surface area contributed by atoms with Gasteiger partial charge in [-0.25, -0.2) is 4.98 Å². The van der Waals surface area contributed by atoms with Crippen LogP contribution < -0.4 is 4.90 Å². The average molecular weight is 256 g/mol. The number of morpholine rings is 1. The molecule has 1 aromatic heterocycles. The molecule has 4 nitrogen and oxygen atoms in total. The quantitative estimate of drug-likeness (QED) is 0.879. The van der Waals surface area contributed by atoms with Crippen LogP contribution in [-0.2, 0) is 11.3 Å². The summed E-state index contributed by atoms with van der Waals surface area (Å²) in [5, 5.41) is 10.1. The molecule has 2 heterocycles. The summed E-state index contributed by atoms with van der Waals surface area (Å²) in [6, 6.07) is 0. The molecule has 1 N–H and O–H groups in total. The maximum absolute atomic E-state index is 9.08. The second-order valence-electron chi connectivity index (χ2n) is 5.74. The van der Waals surface area contributed by atoms with Crippen LogP contribution in [0, 0.1) is 0 Å². The zero-order valence-electron chi connectivity index (χ0n) is 10.9. The average Bonchev–Trinajstić information content (AvgIpc) is 2.60. The minimum Gasteiger partial charge on any atom is -0.391 e. The van der Waals surface area contributed by atoms with E-state index in [0.717, 1.165) is 23.1 Å². The first-order valence-corrected chi connectivity index (χ1v) is 6.64. The summed E-state index contributed by atoms with van der Waals surface area (Å²) in [5.41, 5.74) is -0.348. The van der Waals surface area contributed by atoms with Gasteiger partial charge in [0.1, 0.15) is 0 Å². The molecule has 1 fully saturated rings. The second-order valence-corrected chi connectivity index (χ2v) is 6.84. The standard InChI is InChI=1S/C12H20N2O2S/c1-11(2)7-14(8-12(3,4)16-11)10-13-5-9(6-15)17-10/h5,15H,6-8H2,1-4H3. The SMILES string of the molecule is CC1(C)CN(c2ncc(CO)s2)CC(C)(C)O1. The van der Waals surface area contributed by atoms with Crippen LogP contribution >= 0.6 is 11.3 Å². The van der Waals surface area contributed by atoms with Crippen LogP contribution in [0.1, 0.15) is 32.6 Å². The van der Waals surface area contributed by atoms with Gasteiger partial charge in [-0.15, -0.1) is 0 Å². The predicted octanol–water partition coefficient (Wildman–Crippen LogP) is 2.03. The summed E-state index contributed by atoms with van der Waals surface area (Å²) in [4.78, 5) is 7.52. The largest absolute Gasteiger partial charge is 0.391 e. The lowest BCUT2D eigenvalue weighted by molar-refractivity contribution is -0.133. The van der Waals surface area contributed by atoms with Crippen molar-refractivity contribution < 1.29 is 9.84 Å². The molecule has 0 amide bonds. The van der Waals surface area contributed by atoms with E-state index in [1.807, 2.05) is 0 Å². The van der Waals surface area contributed by atoms with E-state index in [1.165, 1.54) is 0 Å². The van der Waals surface area contributed by atoms with Crippen molar-refractivity contribution in [3.8, 4) is 0 Å². The van der Waals surface area contributed by atoms with Gasteiger partial charge < -0.3 is 14.7 Å². The molecule has 0 unspecified atom stereocenters. The third-order valence-corrected chi connectivity index (χ3v) is 3.71. The molecular formula is C12H20N2O2S. The molecule has 1 aliphatic rings. The highest BCUT2D eigenvalue weighted by atomic mass is 32.1. The molecule has 0 aliphatic carbocycles. The van der Waals surface area contributed by atoms with Crippen LogP contribution in [0.25, 0.3) is 0 Å². The minimum atomic E-state index is -0.174. The third-order valence-electron chi connectivity index (χ3n) is 2.66. The van der Waals surface area contributed by atoms with E-state index in [-0.39, 0.29) is 17.8 Å². The van der Waals surface area contributed by atoms with Gasteiger partial charge >= 0.3 is 0 Å². The van der Waals surface area contributed by atoms with Gasteiger partial charge in [-0.05, 0) is 27.7 Å². The molecule has 0 atom stereocenters. The Hall–Kier alpha value is -0.650. The van der Waals surface area contributed by atoms with Crippen molar-refractivity contribution in [2.45, 2.75) is 45.5 Å². The number of aliphatic hydroxyl groups is 1. The van der Waals surface area contributed by atoms with E-state index in [4.69, 9.17) is 9.84 Å². The summed E-state index contributed by atoms with van der Waals surface area (Å²) >= 11 is 1.55. The molecule has 5 heteroatoms. The van der Waals surface area contributed by atoms with Crippen molar-refractivity contribution >= 4 is 16.5 Å². The first-order chi connectivity index (χ1) is 7.81. The van der Waals surface area contributed by atoms with Gasteiger partial charge in [0.2, 0.25) is 0 Å². The molecular weight excluding hydrogens is 236 g/mol. The number of aromatic nitrogens is 1. The highest BCUT2D eigenvalue weighted by Gasteiger charge is 2.38. The van der Waals surface area contributed by atoms with Crippen LogP contribution in [0.2, 0.25) is 0 Å². The fraction of sp³-hybridized carbons (Fsp3) is 0.750. The summed E-state index contributed by atoms with van der Waals surface area (Å²) in [7, 11) is 0.